The van der Waals surface area contributed by atoms with Crippen LogP contribution in [0.2, 0.25) is 5.02 Å². The SMILES string of the molecule is O=NC(c1ccncc1)c1ccccc1Cc1ccc(Cl)cc1. The van der Waals surface area contributed by atoms with Crippen LogP contribution in [0, 0.1) is 4.91 Å². The van der Waals surface area contributed by atoms with Crippen molar-refractivity contribution in [2.45, 2.75) is 12.5 Å². The van der Waals surface area contributed by atoms with Crippen LogP contribution in [0.4, 0.5) is 0 Å². The molecule has 0 radical (unpaired) electrons. The maximum Gasteiger partial charge on any atom is 0.142 e. The van der Waals surface area contributed by atoms with Gasteiger partial charge in [0.2, 0.25) is 0 Å². The number of rotatable bonds is 5. The molecule has 3 aromatic rings. The second-order valence-electron chi connectivity index (χ2n) is 5.29. The summed E-state index contributed by atoms with van der Waals surface area (Å²) in [5.41, 5.74) is 3.99. The third-order valence-corrected chi connectivity index (χ3v) is 4.04. The highest BCUT2D eigenvalue weighted by Crippen LogP contribution is 2.29. The molecule has 0 amide bonds. The number of hydrogen-bond acceptors (Lipinski definition) is 3. The molecule has 0 bridgehead atoms. The fourth-order valence-corrected chi connectivity index (χ4v) is 2.75. The van der Waals surface area contributed by atoms with E-state index in [1.54, 1.807) is 12.4 Å². The average Bonchev–Trinajstić information content (AvgIpc) is 2.60. The monoisotopic (exact) mass is 322 g/mol. The first-order valence-electron chi connectivity index (χ1n) is 7.32. The predicted octanol–water partition coefficient (Wildman–Crippen LogP) is 5.18. The van der Waals surface area contributed by atoms with E-state index < -0.39 is 6.04 Å². The van der Waals surface area contributed by atoms with E-state index in [2.05, 4.69) is 10.2 Å². The summed E-state index contributed by atoms with van der Waals surface area (Å²) in [5, 5.41) is 4.06. The summed E-state index contributed by atoms with van der Waals surface area (Å²) >= 11 is 5.94. The lowest BCUT2D eigenvalue weighted by Crippen LogP contribution is -2.03. The van der Waals surface area contributed by atoms with Gasteiger partial charge in [-0.15, -0.1) is 4.91 Å². The van der Waals surface area contributed by atoms with Gasteiger partial charge in [0.05, 0.1) is 0 Å². The number of nitroso groups, excluding NO2 is 1. The highest BCUT2D eigenvalue weighted by molar-refractivity contribution is 6.30. The summed E-state index contributed by atoms with van der Waals surface area (Å²) in [6.07, 6.45) is 4.08. The van der Waals surface area contributed by atoms with Crippen LogP contribution >= 0.6 is 11.6 Å². The first-order valence-corrected chi connectivity index (χ1v) is 7.70. The van der Waals surface area contributed by atoms with E-state index in [-0.39, 0.29) is 0 Å². The van der Waals surface area contributed by atoms with E-state index in [4.69, 9.17) is 11.6 Å². The molecule has 0 spiro atoms. The van der Waals surface area contributed by atoms with Gasteiger partial charge in [0.25, 0.3) is 0 Å². The minimum Gasteiger partial charge on any atom is -0.265 e. The molecule has 1 atom stereocenters. The number of hydrogen-bond donors (Lipinski definition) is 0. The van der Waals surface area contributed by atoms with Gasteiger partial charge in [-0.1, -0.05) is 53.2 Å². The van der Waals surface area contributed by atoms with Gasteiger partial charge in [-0.2, -0.15) is 0 Å². The molecular formula is C19H15ClN2O. The number of nitrogens with zero attached hydrogens (tertiary/aromatic N) is 2. The Balaban J connectivity index is 1.96. The summed E-state index contributed by atoms with van der Waals surface area (Å²) in [5.74, 6) is 0. The molecule has 23 heavy (non-hydrogen) atoms. The molecule has 0 saturated carbocycles. The van der Waals surface area contributed by atoms with Crippen LogP contribution in [0.15, 0.2) is 78.2 Å². The Labute approximate surface area is 139 Å². The van der Waals surface area contributed by atoms with Crippen molar-refractivity contribution in [2.75, 3.05) is 0 Å². The van der Waals surface area contributed by atoms with Crippen LogP contribution in [0.5, 0.6) is 0 Å². The lowest BCUT2D eigenvalue weighted by atomic mass is 9.92. The van der Waals surface area contributed by atoms with Gasteiger partial charge in [0.1, 0.15) is 6.04 Å². The van der Waals surface area contributed by atoms with Crippen molar-refractivity contribution in [3.63, 3.8) is 0 Å². The first-order chi connectivity index (χ1) is 11.3. The summed E-state index contributed by atoms with van der Waals surface area (Å²) in [6.45, 7) is 0. The molecule has 0 saturated heterocycles. The summed E-state index contributed by atoms with van der Waals surface area (Å²) < 4.78 is 0. The van der Waals surface area contributed by atoms with Crippen molar-refractivity contribution in [1.82, 2.24) is 4.98 Å². The molecule has 1 unspecified atom stereocenters. The second-order valence-corrected chi connectivity index (χ2v) is 5.73. The molecule has 0 N–H and O–H groups in total. The Bertz CT molecular complexity index is 788. The van der Waals surface area contributed by atoms with Crippen LogP contribution in [-0.2, 0) is 6.42 Å². The number of pyridine rings is 1. The third-order valence-electron chi connectivity index (χ3n) is 3.78. The van der Waals surface area contributed by atoms with E-state index in [0.717, 1.165) is 28.7 Å². The average molecular weight is 323 g/mol. The highest BCUT2D eigenvalue weighted by Gasteiger charge is 2.18. The number of benzene rings is 2. The molecule has 1 aromatic heterocycles. The van der Waals surface area contributed by atoms with Crippen molar-refractivity contribution in [3.05, 3.63) is 105 Å². The van der Waals surface area contributed by atoms with Gasteiger partial charge in [0.15, 0.2) is 0 Å². The maximum absolute atomic E-state index is 11.5. The van der Waals surface area contributed by atoms with Gasteiger partial charge in [-0.3, -0.25) is 4.98 Å². The molecule has 2 aromatic carbocycles. The van der Waals surface area contributed by atoms with Crippen molar-refractivity contribution in [3.8, 4) is 0 Å². The van der Waals surface area contributed by atoms with Crippen LogP contribution < -0.4 is 0 Å². The lowest BCUT2D eigenvalue weighted by Gasteiger charge is -2.15. The molecule has 0 aliphatic heterocycles. The zero-order valence-electron chi connectivity index (χ0n) is 12.4. The Morgan fingerprint density at radius 3 is 2.35 bits per heavy atom. The summed E-state index contributed by atoms with van der Waals surface area (Å²) in [6, 6.07) is 18.8. The fourth-order valence-electron chi connectivity index (χ4n) is 2.63. The number of aromatic nitrogens is 1. The molecule has 0 fully saturated rings. The van der Waals surface area contributed by atoms with E-state index in [1.807, 2.05) is 60.7 Å². The van der Waals surface area contributed by atoms with E-state index in [9.17, 15) is 4.91 Å². The summed E-state index contributed by atoms with van der Waals surface area (Å²) in [7, 11) is 0. The van der Waals surface area contributed by atoms with E-state index in [1.165, 1.54) is 0 Å². The zero-order chi connectivity index (χ0) is 16.1. The molecule has 0 aliphatic carbocycles. The highest BCUT2D eigenvalue weighted by atomic mass is 35.5. The van der Waals surface area contributed by atoms with Crippen LogP contribution in [-0.4, -0.2) is 4.98 Å². The minimum absolute atomic E-state index is 0.526. The predicted molar refractivity (Wildman–Crippen MR) is 92.6 cm³/mol. The maximum atomic E-state index is 11.5. The third kappa shape index (κ3) is 3.63. The zero-order valence-corrected chi connectivity index (χ0v) is 13.1. The smallest absolute Gasteiger partial charge is 0.142 e. The second kappa shape index (κ2) is 7.16. The van der Waals surface area contributed by atoms with E-state index in [0.29, 0.717) is 5.02 Å². The van der Waals surface area contributed by atoms with Gasteiger partial charge in [-0.25, -0.2) is 0 Å². The van der Waals surface area contributed by atoms with Crippen LogP contribution in [0.25, 0.3) is 0 Å². The number of halogens is 1. The van der Waals surface area contributed by atoms with Crippen LogP contribution in [0.3, 0.4) is 0 Å². The van der Waals surface area contributed by atoms with Crippen LogP contribution in [0.1, 0.15) is 28.3 Å². The van der Waals surface area contributed by atoms with E-state index >= 15 is 0 Å². The first kappa shape index (κ1) is 15.4. The Morgan fingerprint density at radius 2 is 1.65 bits per heavy atom. The molecule has 1 heterocycles. The standard InChI is InChI=1S/C19H15ClN2O/c20-17-7-5-14(6-8-17)13-16-3-1-2-4-18(16)19(22-23)15-9-11-21-12-10-15/h1-12,19H,13H2. The van der Waals surface area contributed by atoms with Crippen molar-refractivity contribution in [1.29, 1.82) is 0 Å². The quantitative estimate of drug-likeness (QED) is 0.607. The van der Waals surface area contributed by atoms with Gasteiger partial charge in [-0.05, 0) is 52.9 Å². The van der Waals surface area contributed by atoms with Gasteiger partial charge in [0, 0.05) is 17.4 Å². The molecule has 0 aliphatic rings. The largest absolute Gasteiger partial charge is 0.265 e. The topological polar surface area (TPSA) is 42.3 Å². The molecule has 4 heteroatoms. The molecule has 3 rings (SSSR count). The Hall–Kier alpha value is -2.52. The Kier molecular flexibility index (Phi) is 4.79. The van der Waals surface area contributed by atoms with Crippen molar-refractivity contribution < 1.29 is 0 Å². The molecule has 114 valence electrons. The molecular weight excluding hydrogens is 308 g/mol. The minimum atomic E-state index is -0.526. The lowest BCUT2D eigenvalue weighted by molar-refractivity contribution is 0.843. The normalized spacial score (nSPS) is 11.9. The van der Waals surface area contributed by atoms with Gasteiger partial charge >= 0.3 is 0 Å². The van der Waals surface area contributed by atoms with Crippen molar-refractivity contribution >= 4 is 11.6 Å². The fraction of sp³-hybridized carbons (Fsp3) is 0.105. The molecule has 3 nitrogen and oxygen atoms in total. The van der Waals surface area contributed by atoms with Gasteiger partial charge < -0.3 is 0 Å². The summed E-state index contributed by atoms with van der Waals surface area (Å²) in [4.78, 5) is 15.5. The van der Waals surface area contributed by atoms with Crippen molar-refractivity contribution in [2.24, 2.45) is 5.18 Å². The Morgan fingerprint density at radius 1 is 0.957 bits per heavy atom.